The standard InChI is InChI=1S/C15H12ClN3O5/c1-8-2-5-13(20)11(6-8)18-15(22)14(21)17-9-3-4-10(16)12(7-9)19(23)24/h2-7,20H,1H3,(H,17,21)(H,18,22). The van der Waals surface area contributed by atoms with Crippen molar-refractivity contribution in [2.24, 2.45) is 0 Å². The first-order valence-corrected chi connectivity index (χ1v) is 7.01. The van der Waals surface area contributed by atoms with Crippen LogP contribution in [0.15, 0.2) is 36.4 Å². The highest BCUT2D eigenvalue weighted by Gasteiger charge is 2.18. The van der Waals surface area contributed by atoms with Gasteiger partial charge in [-0.3, -0.25) is 19.7 Å². The number of hydrogen-bond donors (Lipinski definition) is 3. The number of phenols is 1. The highest BCUT2D eigenvalue weighted by Crippen LogP contribution is 2.27. The number of phenolic OH excluding ortho intramolecular Hbond substituents is 1. The fraction of sp³-hybridized carbons (Fsp3) is 0.0667. The van der Waals surface area contributed by atoms with Gasteiger partial charge in [0.15, 0.2) is 0 Å². The molecule has 0 aliphatic carbocycles. The lowest BCUT2D eigenvalue weighted by atomic mass is 10.2. The van der Waals surface area contributed by atoms with Gasteiger partial charge in [0.25, 0.3) is 5.69 Å². The Labute approximate surface area is 141 Å². The van der Waals surface area contributed by atoms with Gasteiger partial charge in [0.05, 0.1) is 10.6 Å². The van der Waals surface area contributed by atoms with Gasteiger partial charge in [-0.1, -0.05) is 17.7 Å². The van der Waals surface area contributed by atoms with Crippen molar-refractivity contribution in [3.63, 3.8) is 0 Å². The number of nitro groups is 1. The summed E-state index contributed by atoms with van der Waals surface area (Å²) in [6.07, 6.45) is 0. The predicted octanol–water partition coefficient (Wildman–Crippen LogP) is 2.84. The number of hydrogen-bond acceptors (Lipinski definition) is 5. The Morgan fingerprint density at radius 1 is 1.12 bits per heavy atom. The second-order valence-corrected chi connectivity index (χ2v) is 5.26. The fourth-order valence-electron chi connectivity index (χ4n) is 1.85. The molecule has 0 heterocycles. The molecule has 8 nitrogen and oxygen atoms in total. The second-order valence-electron chi connectivity index (χ2n) is 4.85. The van der Waals surface area contributed by atoms with Crippen LogP contribution in [0.1, 0.15) is 5.56 Å². The molecule has 0 saturated carbocycles. The second kappa shape index (κ2) is 6.97. The Balaban J connectivity index is 2.12. The van der Waals surface area contributed by atoms with E-state index in [0.717, 1.165) is 11.6 Å². The first kappa shape index (κ1) is 17.2. The first-order chi connectivity index (χ1) is 11.3. The third-order valence-corrected chi connectivity index (χ3v) is 3.33. The number of rotatable bonds is 3. The van der Waals surface area contributed by atoms with Crippen LogP contribution in [0.4, 0.5) is 17.1 Å². The Kier molecular flexibility index (Phi) is 5.00. The summed E-state index contributed by atoms with van der Waals surface area (Å²) in [6.45, 7) is 1.75. The van der Waals surface area contributed by atoms with Crippen molar-refractivity contribution >= 4 is 40.5 Å². The summed E-state index contributed by atoms with van der Waals surface area (Å²) in [4.78, 5) is 33.8. The molecule has 2 aromatic rings. The third-order valence-electron chi connectivity index (χ3n) is 3.01. The molecule has 24 heavy (non-hydrogen) atoms. The van der Waals surface area contributed by atoms with E-state index in [4.69, 9.17) is 11.6 Å². The third kappa shape index (κ3) is 3.99. The molecule has 124 valence electrons. The number of anilines is 2. The first-order valence-electron chi connectivity index (χ1n) is 6.64. The molecule has 2 aromatic carbocycles. The van der Waals surface area contributed by atoms with Crippen LogP contribution in [0, 0.1) is 17.0 Å². The van der Waals surface area contributed by atoms with Crippen LogP contribution in [0.25, 0.3) is 0 Å². The number of aryl methyl sites for hydroxylation is 1. The maximum atomic E-state index is 11.9. The summed E-state index contributed by atoms with van der Waals surface area (Å²) >= 11 is 5.67. The van der Waals surface area contributed by atoms with Crippen molar-refractivity contribution < 1.29 is 19.6 Å². The quantitative estimate of drug-likeness (QED) is 0.340. The molecular formula is C15H12ClN3O5. The van der Waals surface area contributed by atoms with Gasteiger partial charge in [-0.15, -0.1) is 0 Å². The lowest BCUT2D eigenvalue weighted by molar-refractivity contribution is -0.384. The molecular weight excluding hydrogens is 338 g/mol. The van der Waals surface area contributed by atoms with E-state index >= 15 is 0 Å². The molecule has 2 amide bonds. The van der Waals surface area contributed by atoms with E-state index in [-0.39, 0.29) is 22.1 Å². The molecule has 0 bridgehead atoms. The maximum absolute atomic E-state index is 11.9. The van der Waals surface area contributed by atoms with Gasteiger partial charge in [0, 0.05) is 11.8 Å². The molecule has 0 aliphatic rings. The smallest absolute Gasteiger partial charge is 0.314 e. The van der Waals surface area contributed by atoms with E-state index in [1.807, 2.05) is 0 Å². The number of carbonyl (C=O) groups is 2. The molecule has 0 saturated heterocycles. The molecule has 2 rings (SSSR count). The number of carbonyl (C=O) groups excluding carboxylic acids is 2. The number of nitro benzene ring substituents is 1. The van der Waals surface area contributed by atoms with E-state index in [9.17, 15) is 24.8 Å². The van der Waals surface area contributed by atoms with E-state index in [1.165, 1.54) is 24.3 Å². The number of nitrogens with zero attached hydrogens (tertiary/aromatic N) is 1. The van der Waals surface area contributed by atoms with Crippen molar-refractivity contribution in [3.05, 3.63) is 57.1 Å². The maximum Gasteiger partial charge on any atom is 0.314 e. The van der Waals surface area contributed by atoms with E-state index in [0.29, 0.717) is 0 Å². The van der Waals surface area contributed by atoms with Gasteiger partial charge in [-0.2, -0.15) is 0 Å². The largest absolute Gasteiger partial charge is 0.506 e. The monoisotopic (exact) mass is 349 g/mol. The van der Waals surface area contributed by atoms with Gasteiger partial charge in [0.2, 0.25) is 0 Å². The zero-order chi connectivity index (χ0) is 17.9. The minimum Gasteiger partial charge on any atom is -0.506 e. The normalized spacial score (nSPS) is 10.1. The number of benzene rings is 2. The highest BCUT2D eigenvalue weighted by molar-refractivity contribution is 6.43. The molecule has 3 N–H and O–H groups in total. The van der Waals surface area contributed by atoms with Gasteiger partial charge < -0.3 is 15.7 Å². The zero-order valence-electron chi connectivity index (χ0n) is 12.4. The van der Waals surface area contributed by atoms with Crippen molar-refractivity contribution in [1.29, 1.82) is 0 Å². The molecule has 0 spiro atoms. The number of aromatic hydroxyl groups is 1. The topological polar surface area (TPSA) is 122 Å². The molecule has 0 fully saturated rings. The molecule has 9 heteroatoms. The number of halogens is 1. The van der Waals surface area contributed by atoms with Crippen LogP contribution in [0.5, 0.6) is 5.75 Å². The molecule has 0 atom stereocenters. The van der Waals surface area contributed by atoms with Crippen molar-refractivity contribution in [2.45, 2.75) is 6.92 Å². The number of amides is 2. The van der Waals surface area contributed by atoms with Gasteiger partial charge in [-0.05, 0) is 36.8 Å². The Hall–Kier alpha value is -3.13. The van der Waals surface area contributed by atoms with E-state index < -0.39 is 22.4 Å². The van der Waals surface area contributed by atoms with Crippen molar-refractivity contribution in [1.82, 2.24) is 0 Å². The zero-order valence-corrected chi connectivity index (χ0v) is 13.1. The van der Waals surface area contributed by atoms with E-state index in [2.05, 4.69) is 10.6 Å². The summed E-state index contributed by atoms with van der Waals surface area (Å²) in [6, 6.07) is 8.11. The Morgan fingerprint density at radius 3 is 2.46 bits per heavy atom. The van der Waals surface area contributed by atoms with Crippen molar-refractivity contribution in [3.8, 4) is 5.75 Å². The molecule has 0 radical (unpaired) electrons. The summed E-state index contributed by atoms with van der Waals surface area (Å²) in [5.41, 5.74) is 0.500. The SMILES string of the molecule is Cc1ccc(O)c(NC(=O)C(=O)Nc2ccc(Cl)c([N+](=O)[O-])c2)c1. The minimum atomic E-state index is -1.05. The van der Waals surface area contributed by atoms with E-state index in [1.54, 1.807) is 13.0 Å². The molecule has 0 aliphatic heterocycles. The summed E-state index contributed by atoms with van der Waals surface area (Å²) in [5, 5.41) is 24.8. The van der Waals surface area contributed by atoms with Crippen LogP contribution in [0.3, 0.4) is 0 Å². The minimum absolute atomic E-state index is 0.0414. The Morgan fingerprint density at radius 2 is 1.79 bits per heavy atom. The fourth-order valence-corrected chi connectivity index (χ4v) is 2.03. The lowest BCUT2D eigenvalue weighted by Crippen LogP contribution is -2.29. The van der Waals surface area contributed by atoms with Gasteiger partial charge >= 0.3 is 11.8 Å². The van der Waals surface area contributed by atoms with Crippen LogP contribution in [0.2, 0.25) is 5.02 Å². The Bertz CT molecular complexity index is 838. The van der Waals surface area contributed by atoms with Crippen LogP contribution in [-0.2, 0) is 9.59 Å². The molecule has 0 aromatic heterocycles. The predicted molar refractivity (Wildman–Crippen MR) is 88.2 cm³/mol. The van der Waals surface area contributed by atoms with Crippen LogP contribution >= 0.6 is 11.6 Å². The van der Waals surface area contributed by atoms with Crippen LogP contribution < -0.4 is 10.6 Å². The highest BCUT2D eigenvalue weighted by atomic mass is 35.5. The summed E-state index contributed by atoms with van der Waals surface area (Å²) in [5.74, 6) is -2.27. The summed E-state index contributed by atoms with van der Waals surface area (Å²) < 4.78 is 0. The summed E-state index contributed by atoms with van der Waals surface area (Å²) in [7, 11) is 0. The van der Waals surface area contributed by atoms with Gasteiger partial charge in [0.1, 0.15) is 10.8 Å². The number of nitrogens with one attached hydrogen (secondary N) is 2. The lowest BCUT2D eigenvalue weighted by Gasteiger charge is -2.09. The average molecular weight is 350 g/mol. The average Bonchev–Trinajstić information content (AvgIpc) is 2.52. The molecule has 0 unspecified atom stereocenters. The van der Waals surface area contributed by atoms with Gasteiger partial charge in [-0.25, -0.2) is 0 Å². The van der Waals surface area contributed by atoms with Crippen molar-refractivity contribution in [2.75, 3.05) is 10.6 Å². The van der Waals surface area contributed by atoms with Crippen LogP contribution in [-0.4, -0.2) is 21.8 Å².